The second-order valence-corrected chi connectivity index (χ2v) is 14.3. The summed E-state index contributed by atoms with van der Waals surface area (Å²) in [5.74, 6) is 0.171. The van der Waals surface area contributed by atoms with Crippen LogP contribution in [0.1, 0.15) is 205 Å². The number of hydrogen-bond donors (Lipinski definition) is 0. The van der Waals surface area contributed by atoms with Crippen molar-refractivity contribution in [2.24, 2.45) is 0 Å². The smallest absolute Gasteiger partial charge is 0.333 e. The molecular formula is C43H73NO4. The van der Waals surface area contributed by atoms with Crippen LogP contribution < -0.4 is 4.74 Å². The number of carbonyl (C=O) groups excluding carboxylic acids is 2. The summed E-state index contributed by atoms with van der Waals surface area (Å²) in [6.45, 7) is 5.85. The molecule has 1 atom stereocenters. The zero-order chi connectivity index (χ0) is 34.3. The first-order valence-corrected chi connectivity index (χ1v) is 20.6. The zero-order valence-electron chi connectivity index (χ0n) is 31.3. The van der Waals surface area contributed by atoms with Gasteiger partial charge in [-0.2, -0.15) is 0 Å². The number of rotatable bonds is 32. The third-order valence-corrected chi connectivity index (χ3v) is 9.84. The minimum absolute atomic E-state index is 0.167. The van der Waals surface area contributed by atoms with Gasteiger partial charge in [0.1, 0.15) is 5.75 Å². The maximum Gasteiger partial charge on any atom is 0.333 e. The maximum atomic E-state index is 12.9. The predicted molar refractivity (Wildman–Crippen MR) is 202 cm³/mol. The van der Waals surface area contributed by atoms with E-state index in [1.165, 1.54) is 173 Å². The Morgan fingerprint density at radius 3 is 1.35 bits per heavy atom. The Morgan fingerprint density at radius 2 is 0.917 bits per heavy atom. The highest BCUT2D eigenvalue weighted by Crippen LogP contribution is 2.28. The van der Waals surface area contributed by atoms with Gasteiger partial charge in [0.05, 0.1) is 6.61 Å². The van der Waals surface area contributed by atoms with E-state index in [1.807, 2.05) is 24.3 Å². The lowest BCUT2D eigenvalue weighted by Gasteiger charge is -2.29. The molecule has 0 fully saturated rings. The molecule has 0 spiro atoms. The van der Waals surface area contributed by atoms with E-state index in [1.54, 1.807) is 4.90 Å². The van der Waals surface area contributed by atoms with E-state index in [-0.39, 0.29) is 5.91 Å². The first kappa shape index (κ1) is 41.9. The highest BCUT2D eigenvalue weighted by atomic mass is 16.6. The van der Waals surface area contributed by atoms with Crippen LogP contribution in [0.15, 0.2) is 36.4 Å². The number of unbranched alkanes of at least 4 members (excludes halogenated alkanes) is 26. The van der Waals surface area contributed by atoms with Gasteiger partial charge in [-0.3, -0.25) is 9.69 Å². The van der Waals surface area contributed by atoms with Crippen LogP contribution in [-0.4, -0.2) is 29.9 Å². The molecule has 1 unspecified atom stereocenters. The third kappa shape index (κ3) is 20.9. The Bertz CT molecular complexity index is 943. The van der Waals surface area contributed by atoms with Crippen molar-refractivity contribution in [3.05, 3.63) is 42.0 Å². The van der Waals surface area contributed by atoms with Crippen LogP contribution >= 0.6 is 0 Å². The number of benzene rings is 1. The molecule has 0 N–H and O–H groups in total. The standard InChI is InChI=1S/C43H73NO4/c1-3-5-7-9-11-13-15-17-18-19-20-21-23-25-27-29-37-44-41(45)35-36-42(46)48-43(44)39-31-33-40(34-32-39)47-38-30-28-26-24-22-16-14-12-10-8-6-4-2/h31-36,43H,3-30,37-38H2,1-2H3. The van der Waals surface area contributed by atoms with Gasteiger partial charge in [0, 0.05) is 24.3 Å². The molecule has 1 aliphatic heterocycles. The molecule has 1 aromatic rings. The van der Waals surface area contributed by atoms with Crippen molar-refractivity contribution in [3.8, 4) is 5.75 Å². The summed E-state index contributed by atoms with van der Waals surface area (Å²) >= 11 is 0. The Hall–Kier alpha value is -2.30. The first-order chi connectivity index (χ1) is 23.7. The van der Waals surface area contributed by atoms with Crippen LogP contribution in [0.2, 0.25) is 0 Å². The SMILES string of the molecule is CCCCCCCCCCCCCCCCCCN1C(=O)C=CC(=O)OC1c1ccc(OCCCCCCCCCCCCCC)cc1. The van der Waals surface area contributed by atoms with Crippen molar-refractivity contribution in [1.29, 1.82) is 0 Å². The van der Waals surface area contributed by atoms with E-state index in [0.717, 1.165) is 30.6 Å². The fourth-order valence-corrected chi connectivity index (χ4v) is 6.73. The highest BCUT2D eigenvalue weighted by molar-refractivity contribution is 5.96. The largest absolute Gasteiger partial charge is 0.494 e. The van der Waals surface area contributed by atoms with E-state index in [2.05, 4.69) is 13.8 Å². The Balaban J connectivity index is 1.58. The van der Waals surface area contributed by atoms with Crippen LogP contribution in [0.3, 0.4) is 0 Å². The molecule has 0 radical (unpaired) electrons. The number of nitrogens with zero attached hydrogens (tertiary/aromatic N) is 1. The van der Waals surface area contributed by atoms with Crippen molar-refractivity contribution in [2.45, 2.75) is 200 Å². The molecule has 0 aliphatic carbocycles. The first-order valence-electron chi connectivity index (χ1n) is 20.6. The van der Waals surface area contributed by atoms with Gasteiger partial charge < -0.3 is 9.47 Å². The molecule has 0 saturated carbocycles. The second-order valence-electron chi connectivity index (χ2n) is 14.3. The molecule has 0 aromatic heterocycles. The van der Waals surface area contributed by atoms with E-state index in [9.17, 15) is 9.59 Å². The van der Waals surface area contributed by atoms with Gasteiger partial charge in [0.15, 0.2) is 0 Å². The quantitative estimate of drug-likeness (QED) is 0.0567. The van der Waals surface area contributed by atoms with Gasteiger partial charge in [-0.15, -0.1) is 0 Å². The lowest BCUT2D eigenvalue weighted by molar-refractivity contribution is -0.157. The summed E-state index contributed by atoms with van der Waals surface area (Å²) in [4.78, 5) is 26.9. The molecule has 2 rings (SSSR count). The summed E-state index contributed by atoms with van der Waals surface area (Å²) in [7, 11) is 0. The van der Waals surface area contributed by atoms with Gasteiger partial charge in [0.25, 0.3) is 0 Å². The molecule has 274 valence electrons. The van der Waals surface area contributed by atoms with Crippen LogP contribution in [0.25, 0.3) is 0 Å². The minimum atomic E-state index is -0.707. The molecule has 0 saturated heterocycles. The van der Waals surface area contributed by atoms with Gasteiger partial charge in [0.2, 0.25) is 12.1 Å². The maximum absolute atomic E-state index is 12.9. The summed E-state index contributed by atoms with van der Waals surface area (Å²) in [6.07, 6.45) is 38.8. The fourth-order valence-electron chi connectivity index (χ4n) is 6.73. The minimum Gasteiger partial charge on any atom is -0.494 e. The van der Waals surface area contributed by atoms with E-state index >= 15 is 0 Å². The van der Waals surface area contributed by atoms with Gasteiger partial charge in [-0.25, -0.2) is 4.79 Å². The number of carbonyl (C=O) groups is 2. The predicted octanol–water partition coefficient (Wildman–Crippen LogP) is 13.0. The zero-order valence-corrected chi connectivity index (χ0v) is 31.3. The van der Waals surface area contributed by atoms with E-state index in [4.69, 9.17) is 9.47 Å². The second kappa shape index (κ2) is 29.6. The van der Waals surface area contributed by atoms with Crippen molar-refractivity contribution in [2.75, 3.05) is 13.2 Å². The summed E-state index contributed by atoms with van der Waals surface area (Å²) in [5.41, 5.74) is 0.801. The Labute approximate surface area is 296 Å². The van der Waals surface area contributed by atoms with Crippen molar-refractivity contribution < 1.29 is 19.1 Å². The van der Waals surface area contributed by atoms with Crippen LogP contribution in [0.5, 0.6) is 5.75 Å². The van der Waals surface area contributed by atoms with Crippen molar-refractivity contribution in [1.82, 2.24) is 4.90 Å². The molecule has 5 heteroatoms. The summed E-state index contributed by atoms with van der Waals surface area (Å²) in [6, 6.07) is 7.71. The molecule has 0 bridgehead atoms. The normalized spacial score (nSPS) is 14.8. The van der Waals surface area contributed by atoms with Gasteiger partial charge in [-0.1, -0.05) is 181 Å². The molecule has 1 heterocycles. The third-order valence-electron chi connectivity index (χ3n) is 9.84. The van der Waals surface area contributed by atoms with Gasteiger partial charge >= 0.3 is 5.97 Å². The van der Waals surface area contributed by atoms with Crippen LogP contribution in [0.4, 0.5) is 0 Å². The summed E-state index contributed by atoms with van der Waals surface area (Å²) in [5, 5.41) is 0. The summed E-state index contributed by atoms with van der Waals surface area (Å²) < 4.78 is 11.7. The number of ether oxygens (including phenoxy) is 2. The topological polar surface area (TPSA) is 55.8 Å². The average Bonchev–Trinajstić information content (AvgIpc) is 3.24. The Kier molecular flexibility index (Phi) is 25.8. The number of amides is 1. The van der Waals surface area contributed by atoms with Crippen molar-refractivity contribution in [3.63, 3.8) is 0 Å². The molecule has 5 nitrogen and oxygen atoms in total. The highest BCUT2D eigenvalue weighted by Gasteiger charge is 2.29. The monoisotopic (exact) mass is 668 g/mol. The van der Waals surface area contributed by atoms with Crippen LogP contribution in [0, 0.1) is 0 Å². The molecule has 1 amide bonds. The Morgan fingerprint density at radius 1 is 0.521 bits per heavy atom. The molecule has 1 aromatic carbocycles. The van der Waals surface area contributed by atoms with Crippen molar-refractivity contribution >= 4 is 11.9 Å². The number of esters is 1. The number of cyclic esters (lactones) is 1. The van der Waals surface area contributed by atoms with E-state index < -0.39 is 12.2 Å². The molecule has 48 heavy (non-hydrogen) atoms. The lowest BCUT2D eigenvalue weighted by Crippen LogP contribution is -2.35. The average molecular weight is 668 g/mol. The van der Waals surface area contributed by atoms with Gasteiger partial charge in [-0.05, 0) is 37.1 Å². The molecular weight excluding hydrogens is 594 g/mol. The number of hydrogen-bond acceptors (Lipinski definition) is 4. The van der Waals surface area contributed by atoms with E-state index in [0.29, 0.717) is 13.2 Å². The lowest BCUT2D eigenvalue weighted by atomic mass is 10.0. The van der Waals surface area contributed by atoms with Crippen LogP contribution in [-0.2, 0) is 14.3 Å². The molecule has 1 aliphatic rings. The fraction of sp³-hybridized carbons (Fsp3) is 0.767.